The van der Waals surface area contributed by atoms with Crippen molar-refractivity contribution < 1.29 is 9.90 Å². The number of hydrogen-bond acceptors (Lipinski definition) is 3. The van der Waals surface area contributed by atoms with E-state index >= 15 is 0 Å². The molecule has 1 atom stereocenters. The van der Waals surface area contributed by atoms with E-state index in [9.17, 15) is 9.90 Å². The largest absolute Gasteiger partial charge is 0.395 e. The lowest BCUT2D eigenvalue weighted by atomic mass is 9.99. The highest BCUT2D eigenvalue weighted by atomic mass is 35.5. The minimum absolute atomic E-state index is 0.286. The lowest BCUT2D eigenvalue weighted by Gasteiger charge is -2.16. The molecule has 0 fully saturated rings. The Bertz CT molecular complexity index is 616. The summed E-state index contributed by atoms with van der Waals surface area (Å²) in [7, 11) is 0. The average molecular weight is 291 g/mol. The number of anilines is 1. The number of benzene rings is 1. The average Bonchev–Trinajstić information content (AvgIpc) is 2.42. The number of aromatic nitrogens is 1. The molecule has 1 heterocycles. The van der Waals surface area contributed by atoms with Crippen LogP contribution >= 0.6 is 11.6 Å². The molecule has 0 spiro atoms. The monoisotopic (exact) mass is 290 g/mol. The molecule has 0 saturated heterocycles. The molecule has 0 radical (unpaired) electrons. The Kier molecular flexibility index (Phi) is 4.71. The first-order valence-electron chi connectivity index (χ1n) is 6.19. The molecule has 0 saturated carbocycles. The normalized spacial score (nSPS) is 11.9. The lowest BCUT2D eigenvalue weighted by Crippen LogP contribution is -2.24. The number of carbonyl (C=O) groups is 1. The molecule has 5 heteroatoms. The fourth-order valence-corrected chi connectivity index (χ4v) is 2.08. The van der Waals surface area contributed by atoms with E-state index in [1.165, 1.54) is 0 Å². The molecule has 2 aromatic rings. The molecule has 2 rings (SSSR count). The van der Waals surface area contributed by atoms with Crippen molar-refractivity contribution in [1.29, 1.82) is 0 Å². The second kappa shape index (κ2) is 6.50. The van der Waals surface area contributed by atoms with Gasteiger partial charge in [-0.15, -0.1) is 0 Å². The number of nitrogens with one attached hydrogen (secondary N) is 1. The number of rotatable bonds is 4. The van der Waals surface area contributed by atoms with E-state index in [1.54, 1.807) is 36.7 Å². The van der Waals surface area contributed by atoms with Gasteiger partial charge in [-0.05, 0) is 36.2 Å². The number of aliphatic hydroxyl groups is 1. The fraction of sp³-hybridized carbons (Fsp3) is 0.200. The maximum absolute atomic E-state index is 12.3. The minimum Gasteiger partial charge on any atom is -0.395 e. The number of amides is 1. The van der Waals surface area contributed by atoms with Gasteiger partial charge in [-0.1, -0.05) is 23.7 Å². The van der Waals surface area contributed by atoms with E-state index < -0.39 is 5.92 Å². The Balaban J connectivity index is 2.20. The van der Waals surface area contributed by atoms with Crippen molar-refractivity contribution >= 4 is 23.2 Å². The van der Waals surface area contributed by atoms with Crippen LogP contribution in [0.1, 0.15) is 17.0 Å². The van der Waals surface area contributed by atoms with E-state index in [0.717, 1.165) is 5.56 Å². The number of pyridine rings is 1. The number of aliphatic hydroxyl groups excluding tert-OH is 1. The first-order chi connectivity index (χ1) is 9.61. The minimum atomic E-state index is -0.659. The highest BCUT2D eigenvalue weighted by molar-refractivity contribution is 6.30. The molecule has 4 nitrogen and oxygen atoms in total. The maximum Gasteiger partial charge on any atom is 0.234 e. The maximum atomic E-state index is 12.3. The summed E-state index contributed by atoms with van der Waals surface area (Å²) in [6, 6.07) is 8.73. The van der Waals surface area contributed by atoms with Gasteiger partial charge in [0.05, 0.1) is 24.4 Å². The van der Waals surface area contributed by atoms with Crippen LogP contribution in [0.4, 0.5) is 5.69 Å². The SMILES string of the molecule is Cc1ccncc1NC(=O)C(CO)c1cccc(Cl)c1. The Morgan fingerprint density at radius 3 is 2.90 bits per heavy atom. The summed E-state index contributed by atoms with van der Waals surface area (Å²) in [4.78, 5) is 16.2. The summed E-state index contributed by atoms with van der Waals surface area (Å²) < 4.78 is 0. The highest BCUT2D eigenvalue weighted by Crippen LogP contribution is 2.22. The van der Waals surface area contributed by atoms with Crippen LogP contribution in [0.5, 0.6) is 0 Å². The third kappa shape index (κ3) is 3.35. The van der Waals surface area contributed by atoms with Crippen molar-refractivity contribution in [3.8, 4) is 0 Å². The first kappa shape index (κ1) is 14.5. The number of nitrogens with zero attached hydrogens (tertiary/aromatic N) is 1. The van der Waals surface area contributed by atoms with Crippen LogP contribution in [-0.4, -0.2) is 22.6 Å². The molecule has 20 heavy (non-hydrogen) atoms. The fourth-order valence-electron chi connectivity index (χ4n) is 1.88. The molecule has 0 aliphatic heterocycles. The topological polar surface area (TPSA) is 62.2 Å². The van der Waals surface area contributed by atoms with Crippen LogP contribution in [0.15, 0.2) is 42.7 Å². The van der Waals surface area contributed by atoms with Gasteiger partial charge in [0.25, 0.3) is 0 Å². The molecule has 1 unspecified atom stereocenters. The van der Waals surface area contributed by atoms with Crippen LogP contribution in [0.2, 0.25) is 5.02 Å². The van der Waals surface area contributed by atoms with E-state index in [2.05, 4.69) is 10.3 Å². The van der Waals surface area contributed by atoms with Crippen molar-refractivity contribution in [1.82, 2.24) is 4.98 Å². The van der Waals surface area contributed by atoms with Crippen molar-refractivity contribution in [2.45, 2.75) is 12.8 Å². The summed E-state index contributed by atoms with van der Waals surface area (Å²) in [6.07, 6.45) is 3.24. The van der Waals surface area contributed by atoms with Crippen LogP contribution < -0.4 is 5.32 Å². The van der Waals surface area contributed by atoms with Crippen LogP contribution in [0.3, 0.4) is 0 Å². The van der Waals surface area contributed by atoms with E-state index in [0.29, 0.717) is 16.3 Å². The number of aryl methyl sites for hydroxylation is 1. The molecular formula is C15H15ClN2O2. The highest BCUT2D eigenvalue weighted by Gasteiger charge is 2.20. The second-order valence-electron chi connectivity index (χ2n) is 4.47. The molecule has 2 N–H and O–H groups in total. The zero-order valence-corrected chi connectivity index (χ0v) is 11.8. The second-order valence-corrected chi connectivity index (χ2v) is 4.91. The van der Waals surface area contributed by atoms with Gasteiger partial charge in [0.2, 0.25) is 5.91 Å². The molecule has 0 aliphatic carbocycles. The lowest BCUT2D eigenvalue weighted by molar-refractivity contribution is -0.118. The third-order valence-corrected chi connectivity index (χ3v) is 3.28. The number of hydrogen-bond donors (Lipinski definition) is 2. The quantitative estimate of drug-likeness (QED) is 0.910. The van der Waals surface area contributed by atoms with Crippen LogP contribution in [0, 0.1) is 6.92 Å². The van der Waals surface area contributed by atoms with E-state index in [4.69, 9.17) is 11.6 Å². The van der Waals surface area contributed by atoms with E-state index in [-0.39, 0.29) is 12.5 Å². The van der Waals surface area contributed by atoms with Gasteiger partial charge in [0.15, 0.2) is 0 Å². The van der Waals surface area contributed by atoms with Gasteiger partial charge < -0.3 is 10.4 Å². The predicted molar refractivity (Wildman–Crippen MR) is 78.9 cm³/mol. The Morgan fingerprint density at radius 2 is 2.25 bits per heavy atom. The van der Waals surface area contributed by atoms with Gasteiger partial charge in [0, 0.05) is 11.2 Å². The van der Waals surface area contributed by atoms with Gasteiger partial charge >= 0.3 is 0 Å². The summed E-state index contributed by atoms with van der Waals surface area (Å²) in [5, 5.41) is 12.8. The first-order valence-corrected chi connectivity index (χ1v) is 6.57. The van der Waals surface area contributed by atoms with Crippen LogP contribution in [0.25, 0.3) is 0 Å². The molecule has 1 aromatic heterocycles. The summed E-state index contributed by atoms with van der Waals surface area (Å²) in [5.74, 6) is -0.945. The van der Waals surface area contributed by atoms with Gasteiger partial charge in [0.1, 0.15) is 0 Å². The zero-order chi connectivity index (χ0) is 14.5. The molecule has 0 bridgehead atoms. The van der Waals surface area contributed by atoms with Crippen molar-refractivity contribution in [2.75, 3.05) is 11.9 Å². The number of carbonyl (C=O) groups excluding carboxylic acids is 1. The Labute approximate surface area is 122 Å². The smallest absolute Gasteiger partial charge is 0.234 e. The van der Waals surface area contributed by atoms with E-state index in [1.807, 2.05) is 13.0 Å². The van der Waals surface area contributed by atoms with Crippen molar-refractivity contribution in [3.63, 3.8) is 0 Å². The van der Waals surface area contributed by atoms with Crippen molar-refractivity contribution in [3.05, 3.63) is 58.9 Å². The van der Waals surface area contributed by atoms with Crippen LogP contribution in [-0.2, 0) is 4.79 Å². The number of halogens is 1. The molecular weight excluding hydrogens is 276 g/mol. The zero-order valence-electron chi connectivity index (χ0n) is 11.0. The molecule has 1 amide bonds. The summed E-state index contributed by atoms with van der Waals surface area (Å²) in [5.41, 5.74) is 2.23. The molecule has 1 aromatic carbocycles. The molecule has 104 valence electrons. The molecule has 0 aliphatic rings. The Hall–Kier alpha value is -1.91. The van der Waals surface area contributed by atoms with Gasteiger partial charge in [-0.3, -0.25) is 9.78 Å². The van der Waals surface area contributed by atoms with Gasteiger partial charge in [-0.25, -0.2) is 0 Å². The Morgan fingerprint density at radius 1 is 1.45 bits per heavy atom. The predicted octanol–water partition coefficient (Wildman–Crippen LogP) is 2.76. The summed E-state index contributed by atoms with van der Waals surface area (Å²) in [6.45, 7) is 1.59. The standard InChI is InChI=1S/C15H15ClN2O2/c1-10-5-6-17-8-14(10)18-15(20)13(9-19)11-3-2-4-12(16)7-11/h2-8,13,19H,9H2,1H3,(H,18,20). The van der Waals surface area contributed by atoms with Crippen molar-refractivity contribution in [2.24, 2.45) is 0 Å². The third-order valence-electron chi connectivity index (χ3n) is 3.05. The van der Waals surface area contributed by atoms with Gasteiger partial charge in [-0.2, -0.15) is 0 Å². The summed E-state index contributed by atoms with van der Waals surface area (Å²) >= 11 is 5.91.